The first-order chi connectivity index (χ1) is 26.3. The van der Waals surface area contributed by atoms with Crippen molar-refractivity contribution in [3.63, 3.8) is 0 Å². The Bertz CT molecular complexity index is 2820. The van der Waals surface area contributed by atoms with Gasteiger partial charge in [0.2, 0.25) is 0 Å². The minimum atomic E-state index is 0.791. The molecule has 0 aliphatic heterocycles. The van der Waals surface area contributed by atoms with E-state index in [0.29, 0.717) is 0 Å². The van der Waals surface area contributed by atoms with Crippen molar-refractivity contribution in [1.82, 2.24) is 19.3 Å². The summed E-state index contributed by atoms with van der Waals surface area (Å²) in [5, 5.41) is 14.3. The zero-order valence-corrected chi connectivity index (χ0v) is 28.8. The van der Waals surface area contributed by atoms with Crippen LogP contribution in [0.15, 0.2) is 200 Å². The third-order valence-corrected chi connectivity index (χ3v) is 10.1. The average molecular weight is 680 g/mol. The van der Waals surface area contributed by atoms with Gasteiger partial charge in [0.25, 0.3) is 0 Å². The number of hydrogen-bond donors (Lipinski definition) is 0. The van der Waals surface area contributed by atoms with Gasteiger partial charge in [-0.2, -0.15) is 0 Å². The van der Waals surface area contributed by atoms with E-state index in [-0.39, 0.29) is 0 Å². The normalized spacial score (nSPS) is 11.4. The lowest BCUT2D eigenvalue weighted by Gasteiger charge is -2.27. The minimum absolute atomic E-state index is 0.791. The zero-order chi connectivity index (χ0) is 35.1. The highest BCUT2D eigenvalue weighted by Gasteiger charge is 2.22. The largest absolute Gasteiger partial charge is 0.310 e. The molecular formula is C48H33N5. The quantitative estimate of drug-likeness (QED) is 0.168. The molecule has 0 atom stereocenters. The third-order valence-electron chi connectivity index (χ3n) is 10.1. The second-order valence-corrected chi connectivity index (χ2v) is 13.1. The summed E-state index contributed by atoms with van der Waals surface area (Å²) in [6.45, 7) is 0. The number of anilines is 3. The van der Waals surface area contributed by atoms with Crippen molar-refractivity contribution in [2.45, 2.75) is 0 Å². The van der Waals surface area contributed by atoms with Gasteiger partial charge >= 0.3 is 0 Å². The monoisotopic (exact) mass is 679 g/mol. The standard InChI is InChI=1S/C48H33N5/c1-4-16-34(17-5-1)47-49-50-48(53(47)36-20-8-3-9-21-36)43-32-33-46(40-23-11-10-22-39(40)43)51(35-18-6-2-7-19-35)37-28-30-38(31-29-37)52-44-26-14-12-24-41(44)42-25-13-15-27-45(42)52/h1-33H. The highest BCUT2D eigenvalue weighted by Crippen LogP contribution is 2.43. The molecule has 250 valence electrons. The lowest BCUT2D eigenvalue weighted by Crippen LogP contribution is -2.11. The van der Waals surface area contributed by atoms with Gasteiger partial charge in [-0.15, -0.1) is 10.2 Å². The summed E-state index contributed by atoms with van der Waals surface area (Å²) < 4.78 is 4.53. The Balaban J connectivity index is 1.14. The van der Waals surface area contributed by atoms with Gasteiger partial charge in [-0.1, -0.05) is 127 Å². The predicted molar refractivity (Wildman–Crippen MR) is 219 cm³/mol. The minimum Gasteiger partial charge on any atom is -0.310 e. The van der Waals surface area contributed by atoms with Crippen molar-refractivity contribution >= 4 is 49.6 Å². The van der Waals surface area contributed by atoms with Crippen LogP contribution in [0.3, 0.4) is 0 Å². The molecular weight excluding hydrogens is 647 g/mol. The first-order valence-electron chi connectivity index (χ1n) is 17.9. The molecule has 8 aromatic carbocycles. The van der Waals surface area contributed by atoms with E-state index in [1.165, 1.54) is 21.8 Å². The van der Waals surface area contributed by atoms with Crippen LogP contribution in [0.5, 0.6) is 0 Å². The molecule has 0 aliphatic rings. The van der Waals surface area contributed by atoms with Crippen LogP contribution in [0.25, 0.3) is 66.7 Å². The molecule has 10 rings (SSSR count). The lowest BCUT2D eigenvalue weighted by atomic mass is 10.0. The maximum absolute atomic E-state index is 4.85. The van der Waals surface area contributed by atoms with Crippen molar-refractivity contribution in [3.8, 4) is 34.2 Å². The fourth-order valence-electron chi connectivity index (χ4n) is 7.68. The fraction of sp³-hybridized carbons (Fsp3) is 0. The summed E-state index contributed by atoms with van der Waals surface area (Å²) in [5.74, 6) is 1.59. The van der Waals surface area contributed by atoms with Crippen LogP contribution in [0, 0.1) is 0 Å². The summed E-state index contributed by atoms with van der Waals surface area (Å²) in [5.41, 5.74) is 9.76. The molecule has 0 bridgehead atoms. The molecule has 0 spiro atoms. The molecule has 0 amide bonds. The molecule has 0 radical (unpaired) electrons. The van der Waals surface area contributed by atoms with E-state index in [4.69, 9.17) is 10.2 Å². The Morgan fingerprint density at radius 1 is 0.340 bits per heavy atom. The number of benzene rings is 8. The van der Waals surface area contributed by atoms with Crippen LogP contribution in [-0.2, 0) is 0 Å². The van der Waals surface area contributed by atoms with Crippen LogP contribution in [0.1, 0.15) is 0 Å². The van der Waals surface area contributed by atoms with Crippen molar-refractivity contribution in [2.75, 3.05) is 4.90 Å². The predicted octanol–water partition coefficient (Wildman–Crippen LogP) is 12.3. The van der Waals surface area contributed by atoms with Gasteiger partial charge < -0.3 is 9.47 Å². The van der Waals surface area contributed by atoms with Gasteiger partial charge in [-0.25, -0.2) is 0 Å². The zero-order valence-electron chi connectivity index (χ0n) is 28.8. The SMILES string of the molecule is c1ccc(-c2nnc(-c3ccc(N(c4ccccc4)c4ccc(-n5c6ccccc6c6ccccc65)cc4)c4ccccc34)n2-c2ccccc2)cc1. The van der Waals surface area contributed by atoms with Crippen LogP contribution in [0.2, 0.25) is 0 Å². The Morgan fingerprint density at radius 2 is 0.830 bits per heavy atom. The van der Waals surface area contributed by atoms with Crippen LogP contribution >= 0.6 is 0 Å². The highest BCUT2D eigenvalue weighted by molar-refractivity contribution is 6.09. The maximum atomic E-state index is 4.85. The van der Waals surface area contributed by atoms with E-state index in [2.05, 4.69) is 190 Å². The smallest absolute Gasteiger partial charge is 0.169 e. The van der Waals surface area contributed by atoms with E-state index >= 15 is 0 Å². The van der Waals surface area contributed by atoms with Gasteiger partial charge in [-0.3, -0.25) is 4.57 Å². The first-order valence-corrected chi connectivity index (χ1v) is 17.9. The Labute approximate surface area is 307 Å². The topological polar surface area (TPSA) is 38.9 Å². The summed E-state index contributed by atoms with van der Waals surface area (Å²) in [7, 11) is 0. The number of hydrogen-bond acceptors (Lipinski definition) is 3. The molecule has 0 saturated heterocycles. The molecule has 0 fully saturated rings. The Kier molecular flexibility index (Phi) is 7.40. The number of para-hydroxylation sites is 4. The molecule has 5 heteroatoms. The van der Waals surface area contributed by atoms with Crippen molar-refractivity contribution in [3.05, 3.63) is 200 Å². The maximum Gasteiger partial charge on any atom is 0.169 e. The molecule has 0 aliphatic carbocycles. The van der Waals surface area contributed by atoms with E-state index < -0.39 is 0 Å². The summed E-state index contributed by atoms with van der Waals surface area (Å²) in [6.07, 6.45) is 0. The second-order valence-electron chi connectivity index (χ2n) is 13.1. The molecule has 0 unspecified atom stereocenters. The number of aromatic nitrogens is 4. The summed E-state index contributed by atoms with van der Waals surface area (Å²) >= 11 is 0. The van der Waals surface area contributed by atoms with Gasteiger partial charge in [0.1, 0.15) is 0 Å². The van der Waals surface area contributed by atoms with Crippen molar-refractivity contribution in [2.24, 2.45) is 0 Å². The third kappa shape index (κ3) is 5.17. The second kappa shape index (κ2) is 12.8. The van der Waals surface area contributed by atoms with Gasteiger partial charge in [0.15, 0.2) is 11.6 Å². The van der Waals surface area contributed by atoms with Gasteiger partial charge in [0, 0.05) is 50.0 Å². The van der Waals surface area contributed by atoms with Crippen LogP contribution in [-0.4, -0.2) is 19.3 Å². The average Bonchev–Trinajstić information content (AvgIpc) is 3.83. The van der Waals surface area contributed by atoms with Crippen LogP contribution < -0.4 is 4.90 Å². The number of rotatable bonds is 7. The summed E-state index contributed by atoms with van der Waals surface area (Å²) in [6, 6.07) is 70.4. The molecule has 5 nitrogen and oxygen atoms in total. The molecule has 2 heterocycles. The fourth-order valence-corrected chi connectivity index (χ4v) is 7.68. The molecule has 0 N–H and O–H groups in total. The Hall–Kier alpha value is -7.24. The molecule has 10 aromatic rings. The molecule has 2 aromatic heterocycles. The van der Waals surface area contributed by atoms with E-state index in [9.17, 15) is 0 Å². The first kappa shape index (κ1) is 30.6. The van der Waals surface area contributed by atoms with E-state index in [0.717, 1.165) is 62.0 Å². The highest BCUT2D eigenvalue weighted by atomic mass is 15.3. The summed E-state index contributed by atoms with van der Waals surface area (Å²) in [4.78, 5) is 2.35. The van der Waals surface area contributed by atoms with Gasteiger partial charge in [0.05, 0.1) is 16.7 Å². The van der Waals surface area contributed by atoms with E-state index in [1.54, 1.807) is 0 Å². The van der Waals surface area contributed by atoms with Gasteiger partial charge in [-0.05, 0) is 78.2 Å². The molecule has 0 saturated carbocycles. The Morgan fingerprint density at radius 3 is 1.49 bits per heavy atom. The number of nitrogens with zero attached hydrogens (tertiary/aromatic N) is 5. The number of fused-ring (bicyclic) bond motifs is 4. The molecule has 53 heavy (non-hydrogen) atoms. The van der Waals surface area contributed by atoms with Crippen molar-refractivity contribution < 1.29 is 0 Å². The van der Waals surface area contributed by atoms with Crippen molar-refractivity contribution in [1.29, 1.82) is 0 Å². The lowest BCUT2D eigenvalue weighted by molar-refractivity contribution is 1.07. The van der Waals surface area contributed by atoms with Crippen LogP contribution in [0.4, 0.5) is 17.1 Å². The van der Waals surface area contributed by atoms with E-state index in [1.807, 2.05) is 24.3 Å².